The Bertz CT molecular complexity index is 407. The minimum atomic E-state index is -0.181. The summed E-state index contributed by atoms with van der Waals surface area (Å²) in [6.07, 6.45) is 4.05. The number of hydrogen-bond acceptors (Lipinski definition) is 2. The first-order valence-electron chi connectivity index (χ1n) is 6.24. The average molecular weight is 237 g/mol. The third kappa shape index (κ3) is 1.93. The monoisotopic (exact) mass is 237 g/mol. The van der Waals surface area contributed by atoms with Gasteiger partial charge in [-0.2, -0.15) is 0 Å². The van der Waals surface area contributed by atoms with E-state index in [4.69, 9.17) is 10.5 Å². The van der Waals surface area contributed by atoms with Crippen LogP contribution in [0.25, 0.3) is 0 Å². The van der Waals surface area contributed by atoms with E-state index in [0.29, 0.717) is 18.7 Å². The molecule has 17 heavy (non-hydrogen) atoms. The van der Waals surface area contributed by atoms with Gasteiger partial charge in [0.15, 0.2) is 0 Å². The summed E-state index contributed by atoms with van der Waals surface area (Å²) in [5, 5.41) is 0. The van der Waals surface area contributed by atoms with Crippen LogP contribution in [0, 0.1) is 5.82 Å². The molecule has 2 N–H and O–H groups in total. The van der Waals surface area contributed by atoms with E-state index in [-0.39, 0.29) is 11.2 Å². The van der Waals surface area contributed by atoms with Crippen molar-refractivity contribution in [3.8, 4) is 5.75 Å². The van der Waals surface area contributed by atoms with E-state index in [0.717, 1.165) is 24.0 Å². The fourth-order valence-corrected chi connectivity index (χ4v) is 2.64. The number of methoxy groups -OCH3 is 1. The van der Waals surface area contributed by atoms with Gasteiger partial charge in [-0.3, -0.25) is 0 Å². The largest absolute Gasteiger partial charge is 0.496 e. The fraction of sp³-hybridized carbons (Fsp3) is 0.571. The van der Waals surface area contributed by atoms with E-state index in [9.17, 15) is 4.39 Å². The predicted octanol–water partition coefficient (Wildman–Crippen LogP) is 2.78. The quantitative estimate of drug-likeness (QED) is 0.874. The Morgan fingerprint density at radius 1 is 1.41 bits per heavy atom. The van der Waals surface area contributed by atoms with Crippen LogP contribution in [0.4, 0.5) is 4.39 Å². The predicted molar refractivity (Wildman–Crippen MR) is 66.9 cm³/mol. The van der Waals surface area contributed by atoms with Crippen molar-refractivity contribution in [2.75, 3.05) is 13.7 Å². The van der Waals surface area contributed by atoms with Gasteiger partial charge in [0.25, 0.3) is 0 Å². The van der Waals surface area contributed by atoms with Crippen LogP contribution < -0.4 is 10.5 Å². The second kappa shape index (κ2) is 4.65. The normalized spacial score (nSPS) is 17.6. The summed E-state index contributed by atoms with van der Waals surface area (Å²) in [5.74, 6) is 0.462. The molecule has 1 aromatic rings. The van der Waals surface area contributed by atoms with Crippen LogP contribution in [0.1, 0.15) is 37.3 Å². The van der Waals surface area contributed by atoms with Gasteiger partial charge in [-0.15, -0.1) is 0 Å². The lowest BCUT2D eigenvalue weighted by Gasteiger charge is -2.42. The van der Waals surface area contributed by atoms with Crippen LogP contribution in [0.5, 0.6) is 5.75 Å². The Labute approximate surface area is 102 Å². The molecule has 0 amide bonds. The van der Waals surface area contributed by atoms with Gasteiger partial charge >= 0.3 is 0 Å². The maximum absolute atomic E-state index is 13.7. The molecule has 2 nitrogen and oxygen atoms in total. The van der Waals surface area contributed by atoms with E-state index in [2.05, 4.69) is 0 Å². The number of ether oxygens (including phenoxy) is 1. The van der Waals surface area contributed by atoms with Crippen molar-refractivity contribution < 1.29 is 9.13 Å². The first kappa shape index (κ1) is 12.4. The molecule has 0 spiro atoms. The highest BCUT2D eigenvalue weighted by atomic mass is 19.1. The van der Waals surface area contributed by atoms with Crippen LogP contribution in [-0.2, 0) is 11.8 Å². The van der Waals surface area contributed by atoms with E-state index in [1.807, 2.05) is 13.0 Å². The molecule has 0 aromatic heterocycles. The molecule has 1 fully saturated rings. The van der Waals surface area contributed by atoms with Crippen molar-refractivity contribution >= 4 is 0 Å². The standard InChI is InChI=1S/C14H20FNO/c1-3-10-7-11(13(17-2)8-12(10)15)14(9-16)5-4-6-14/h7-8H,3-6,9,16H2,1-2H3. The Hall–Kier alpha value is -1.09. The summed E-state index contributed by atoms with van der Waals surface area (Å²) in [6, 6.07) is 3.45. The lowest BCUT2D eigenvalue weighted by molar-refractivity contribution is 0.243. The molecule has 94 valence electrons. The second-order valence-electron chi connectivity index (χ2n) is 4.84. The maximum atomic E-state index is 13.7. The van der Waals surface area contributed by atoms with Crippen molar-refractivity contribution in [3.05, 3.63) is 29.1 Å². The van der Waals surface area contributed by atoms with Crippen molar-refractivity contribution in [1.29, 1.82) is 0 Å². The van der Waals surface area contributed by atoms with Crippen LogP contribution in [0.3, 0.4) is 0 Å². The topological polar surface area (TPSA) is 35.2 Å². The number of aryl methyl sites for hydroxylation is 1. The van der Waals surface area contributed by atoms with Gasteiger partial charge in [-0.25, -0.2) is 4.39 Å². The molecule has 0 unspecified atom stereocenters. The fourth-order valence-electron chi connectivity index (χ4n) is 2.64. The summed E-state index contributed by atoms with van der Waals surface area (Å²) >= 11 is 0. The average Bonchev–Trinajstić information content (AvgIpc) is 2.29. The second-order valence-corrected chi connectivity index (χ2v) is 4.84. The highest BCUT2D eigenvalue weighted by molar-refractivity contribution is 5.45. The van der Waals surface area contributed by atoms with Gasteiger partial charge in [0.2, 0.25) is 0 Å². The van der Waals surface area contributed by atoms with Gasteiger partial charge < -0.3 is 10.5 Å². The smallest absolute Gasteiger partial charge is 0.130 e. The first-order valence-corrected chi connectivity index (χ1v) is 6.24. The minimum absolute atomic E-state index is 0.0168. The molecule has 1 aliphatic rings. The molecule has 0 heterocycles. The Kier molecular flexibility index (Phi) is 3.38. The summed E-state index contributed by atoms with van der Waals surface area (Å²) in [7, 11) is 1.59. The van der Waals surface area contributed by atoms with Crippen LogP contribution in [-0.4, -0.2) is 13.7 Å². The third-order valence-electron chi connectivity index (χ3n) is 4.02. The molecule has 1 aromatic carbocycles. The molecular weight excluding hydrogens is 217 g/mol. The van der Waals surface area contributed by atoms with E-state index >= 15 is 0 Å². The molecule has 0 bridgehead atoms. The molecular formula is C14H20FNO. The molecule has 3 heteroatoms. The highest BCUT2D eigenvalue weighted by Gasteiger charge is 2.39. The zero-order valence-electron chi connectivity index (χ0n) is 10.6. The SMILES string of the molecule is CCc1cc(C2(CN)CCC2)c(OC)cc1F. The Morgan fingerprint density at radius 3 is 2.53 bits per heavy atom. The number of halogens is 1. The minimum Gasteiger partial charge on any atom is -0.496 e. The number of hydrogen-bond donors (Lipinski definition) is 1. The van der Waals surface area contributed by atoms with Crippen LogP contribution in [0.2, 0.25) is 0 Å². The lowest BCUT2D eigenvalue weighted by atomic mass is 9.64. The molecule has 0 atom stereocenters. The lowest BCUT2D eigenvalue weighted by Crippen LogP contribution is -2.41. The van der Waals surface area contributed by atoms with Gasteiger partial charge in [0, 0.05) is 23.6 Å². The summed E-state index contributed by atoms with van der Waals surface area (Å²) in [6.45, 7) is 2.57. The van der Waals surface area contributed by atoms with Crippen molar-refractivity contribution in [2.24, 2.45) is 5.73 Å². The molecule has 2 rings (SSSR count). The summed E-state index contributed by atoms with van der Waals surface area (Å²) < 4.78 is 19.0. The van der Waals surface area contributed by atoms with Crippen molar-refractivity contribution in [1.82, 2.24) is 0 Å². The molecule has 1 saturated carbocycles. The van der Waals surface area contributed by atoms with Gasteiger partial charge in [-0.05, 0) is 30.9 Å². The first-order chi connectivity index (χ1) is 8.16. The number of benzene rings is 1. The summed E-state index contributed by atoms with van der Waals surface area (Å²) in [5.41, 5.74) is 7.76. The number of nitrogens with two attached hydrogens (primary N) is 1. The molecule has 1 aliphatic carbocycles. The van der Waals surface area contributed by atoms with Gasteiger partial charge in [0.05, 0.1) is 7.11 Å². The summed E-state index contributed by atoms with van der Waals surface area (Å²) in [4.78, 5) is 0. The van der Waals surface area contributed by atoms with E-state index in [1.165, 1.54) is 12.5 Å². The Morgan fingerprint density at radius 2 is 2.12 bits per heavy atom. The maximum Gasteiger partial charge on any atom is 0.130 e. The molecule has 0 aliphatic heterocycles. The van der Waals surface area contributed by atoms with Crippen molar-refractivity contribution in [2.45, 2.75) is 38.0 Å². The number of rotatable bonds is 4. The van der Waals surface area contributed by atoms with Gasteiger partial charge in [0.1, 0.15) is 11.6 Å². The molecule has 0 saturated heterocycles. The zero-order valence-corrected chi connectivity index (χ0v) is 10.6. The highest BCUT2D eigenvalue weighted by Crippen LogP contribution is 2.47. The van der Waals surface area contributed by atoms with Crippen LogP contribution in [0.15, 0.2) is 12.1 Å². The van der Waals surface area contributed by atoms with Crippen LogP contribution >= 0.6 is 0 Å². The molecule has 0 radical (unpaired) electrons. The zero-order chi connectivity index (χ0) is 12.5. The third-order valence-corrected chi connectivity index (χ3v) is 4.02. The van der Waals surface area contributed by atoms with E-state index in [1.54, 1.807) is 7.11 Å². The van der Waals surface area contributed by atoms with E-state index < -0.39 is 0 Å². The van der Waals surface area contributed by atoms with Crippen molar-refractivity contribution in [3.63, 3.8) is 0 Å². The van der Waals surface area contributed by atoms with Gasteiger partial charge in [-0.1, -0.05) is 13.3 Å². The Balaban J connectivity index is 2.50.